The van der Waals surface area contributed by atoms with Crippen LogP contribution in [0, 0.1) is 6.54 Å². The Morgan fingerprint density at radius 2 is 1.87 bits per heavy atom. The fraction of sp³-hybridized carbons (Fsp3) is 0.200. The molecular formula is C20H18ClN2. The number of hydrogen-bond donors (Lipinski definition) is 0. The number of rotatable bonds is 2. The quantitative estimate of drug-likeness (QED) is 0.601. The Morgan fingerprint density at radius 1 is 0.957 bits per heavy atom. The average Bonchev–Trinajstić information content (AvgIpc) is 2.61. The first-order chi connectivity index (χ1) is 11.3. The van der Waals surface area contributed by atoms with Gasteiger partial charge in [0.25, 0.3) is 0 Å². The van der Waals surface area contributed by atoms with Crippen molar-refractivity contribution in [3.8, 4) is 11.3 Å². The number of nitrogens with zero attached hydrogens (tertiary/aromatic N) is 2. The minimum atomic E-state index is 0.739. The Morgan fingerprint density at radius 3 is 2.70 bits per heavy atom. The molecule has 0 amide bonds. The van der Waals surface area contributed by atoms with Gasteiger partial charge in [0.05, 0.1) is 11.2 Å². The first kappa shape index (κ1) is 14.5. The van der Waals surface area contributed by atoms with E-state index in [0.29, 0.717) is 0 Å². The average molecular weight is 322 g/mol. The smallest absolute Gasteiger partial charge is 0.0730 e. The van der Waals surface area contributed by atoms with Gasteiger partial charge in [0.1, 0.15) is 0 Å². The molecule has 0 saturated carbocycles. The van der Waals surface area contributed by atoms with Gasteiger partial charge in [-0.1, -0.05) is 41.9 Å². The van der Waals surface area contributed by atoms with Crippen LogP contribution in [0.3, 0.4) is 0 Å². The minimum Gasteiger partial charge on any atom is -0.366 e. The maximum absolute atomic E-state index is 6.16. The summed E-state index contributed by atoms with van der Waals surface area (Å²) in [6, 6.07) is 18.5. The monoisotopic (exact) mass is 321 g/mol. The van der Waals surface area contributed by atoms with E-state index in [2.05, 4.69) is 41.8 Å². The number of anilines is 1. The van der Waals surface area contributed by atoms with Gasteiger partial charge in [0.15, 0.2) is 0 Å². The molecule has 1 fully saturated rings. The molecule has 0 unspecified atom stereocenters. The van der Waals surface area contributed by atoms with Crippen LogP contribution in [0.5, 0.6) is 0 Å². The van der Waals surface area contributed by atoms with E-state index in [1.165, 1.54) is 23.9 Å². The van der Waals surface area contributed by atoms with Crippen LogP contribution in [0.15, 0.2) is 54.6 Å². The van der Waals surface area contributed by atoms with Gasteiger partial charge in [0, 0.05) is 34.7 Å². The lowest BCUT2D eigenvalue weighted by Gasteiger charge is -2.29. The lowest BCUT2D eigenvalue weighted by atomic mass is 10.0. The van der Waals surface area contributed by atoms with E-state index in [9.17, 15) is 0 Å². The standard InChI is InChI=1S/C20H18ClN2/c21-16-8-6-7-15(13-16)19-14-20(23-11-4-1-5-12-23)17-9-2-3-10-18(17)22-19/h2-3,6-11,13-14H,1,4-5,12H2. The number of aromatic nitrogens is 1. The third kappa shape index (κ3) is 2.91. The largest absolute Gasteiger partial charge is 0.366 e. The van der Waals surface area contributed by atoms with Crippen LogP contribution < -0.4 is 4.90 Å². The molecule has 0 aliphatic carbocycles. The maximum Gasteiger partial charge on any atom is 0.0730 e. The van der Waals surface area contributed by atoms with Gasteiger partial charge < -0.3 is 4.90 Å². The second kappa shape index (κ2) is 6.21. The van der Waals surface area contributed by atoms with Crippen LogP contribution >= 0.6 is 11.6 Å². The molecule has 1 saturated heterocycles. The Bertz CT molecular complexity index is 838. The summed E-state index contributed by atoms with van der Waals surface area (Å²) in [7, 11) is 0. The fourth-order valence-electron chi connectivity index (χ4n) is 3.17. The highest BCUT2D eigenvalue weighted by atomic mass is 35.5. The number of pyridine rings is 1. The van der Waals surface area contributed by atoms with Crippen molar-refractivity contribution in [2.75, 3.05) is 11.4 Å². The van der Waals surface area contributed by atoms with Crippen molar-refractivity contribution in [2.24, 2.45) is 0 Å². The second-order valence-electron chi connectivity index (χ2n) is 5.93. The number of para-hydroxylation sites is 1. The molecule has 2 heterocycles. The highest BCUT2D eigenvalue weighted by Crippen LogP contribution is 2.33. The van der Waals surface area contributed by atoms with Gasteiger partial charge in [-0.2, -0.15) is 0 Å². The summed E-state index contributed by atoms with van der Waals surface area (Å²) in [6.07, 6.45) is 3.66. The molecule has 1 aliphatic heterocycles. The molecule has 0 spiro atoms. The molecule has 115 valence electrons. The SMILES string of the molecule is Clc1cccc(-c2cc(N3[CH]CCCC3)c3ccccc3n2)c1. The van der Waals surface area contributed by atoms with Gasteiger partial charge >= 0.3 is 0 Å². The highest BCUT2D eigenvalue weighted by molar-refractivity contribution is 6.30. The second-order valence-corrected chi connectivity index (χ2v) is 6.36. The molecule has 23 heavy (non-hydrogen) atoms. The van der Waals surface area contributed by atoms with Crippen LogP contribution in [-0.4, -0.2) is 11.5 Å². The first-order valence-corrected chi connectivity index (χ1v) is 8.45. The Labute approximate surface area is 141 Å². The summed E-state index contributed by atoms with van der Waals surface area (Å²) in [5.41, 5.74) is 4.30. The number of fused-ring (bicyclic) bond motifs is 1. The molecule has 2 nitrogen and oxygen atoms in total. The number of benzene rings is 2. The van der Waals surface area contributed by atoms with Crippen molar-refractivity contribution >= 4 is 28.2 Å². The van der Waals surface area contributed by atoms with Gasteiger partial charge in [-0.25, -0.2) is 4.98 Å². The van der Waals surface area contributed by atoms with Crippen LogP contribution in [-0.2, 0) is 0 Å². The Kier molecular flexibility index (Phi) is 3.92. The zero-order valence-electron chi connectivity index (χ0n) is 12.9. The van der Waals surface area contributed by atoms with Gasteiger partial charge in [-0.15, -0.1) is 0 Å². The lowest BCUT2D eigenvalue weighted by molar-refractivity contribution is 0.634. The zero-order chi connectivity index (χ0) is 15.6. The van der Waals surface area contributed by atoms with E-state index in [-0.39, 0.29) is 0 Å². The number of piperidine rings is 1. The van der Waals surface area contributed by atoms with E-state index in [1.807, 2.05) is 24.3 Å². The van der Waals surface area contributed by atoms with E-state index < -0.39 is 0 Å². The molecule has 0 bridgehead atoms. The van der Waals surface area contributed by atoms with Crippen molar-refractivity contribution in [1.29, 1.82) is 0 Å². The number of halogens is 1. The summed E-state index contributed by atoms with van der Waals surface area (Å²) in [5, 5.41) is 1.94. The van der Waals surface area contributed by atoms with Gasteiger partial charge in [0.2, 0.25) is 0 Å². The molecule has 0 N–H and O–H groups in total. The molecule has 1 aromatic heterocycles. The van der Waals surface area contributed by atoms with E-state index in [1.54, 1.807) is 0 Å². The normalized spacial score (nSPS) is 15.1. The van der Waals surface area contributed by atoms with Crippen molar-refractivity contribution in [1.82, 2.24) is 4.98 Å². The topological polar surface area (TPSA) is 16.1 Å². The number of hydrogen-bond acceptors (Lipinski definition) is 2. The van der Waals surface area contributed by atoms with E-state index in [4.69, 9.17) is 16.6 Å². The first-order valence-electron chi connectivity index (χ1n) is 8.07. The van der Waals surface area contributed by atoms with Crippen LogP contribution in [0.2, 0.25) is 5.02 Å². The fourth-order valence-corrected chi connectivity index (χ4v) is 3.36. The van der Waals surface area contributed by atoms with Crippen molar-refractivity contribution in [3.63, 3.8) is 0 Å². The molecule has 0 atom stereocenters. The molecule has 4 rings (SSSR count). The van der Waals surface area contributed by atoms with Crippen LogP contribution in [0.25, 0.3) is 22.2 Å². The highest BCUT2D eigenvalue weighted by Gasteiger charge is 2.16. The predicted molar refractivity (Wildman–Crippen MR) is 97.7 cm³/mol. The Balaban J connectivity index is 1.89. The third-order valence-electron chi connectivity index (χ3n) is 4.33. The lowest BCUT2D eigenvalue weighted by Crippen LogP contribution is -2.25. The van der Waals surface area contributed by atoms with E-state index >= 15 is 0 Å². The molecular weight excluding hydrogens is 304 g/mol. The minimum absolute atomic E-state index is 0.739. The summed E-state index contributed by atoms with van der Waals surface area (Å²) in [4.78, 5) is 7.22. The van der Waals surface area contributed by atoms with Crippen molar-refractivity contribution in [3.05, 3.63) is 66.2 Å². The molecule has 1 radical (unpaired) electrons. The molecule has 3 aromatic rings. The molecule has 3 heteroatoms. The van der Waals surface area contributed by atoms with Crippen LogP contribution in [0.1, 0.15) is 19.3 Å². The summed E-state index contributed by atoms with van der Waals surface area (Å²) < 4.78 is 0. The Hall–Kier alpha value is -2.06. The molecule has 1 aliphatic rings. The summed E-state index contributed by atoms with van der Waals surface area (Å²) in [5.74, 6) is 0. The summed E-state index contributed by atoms with van der Waals surface area (Å²) >= 11 is 6.16. The molecule has 2 aromatic carbocycles. The van der Waals surface area contributed by atoms with Gasteiger partial charge in [-0.05, 0) is 43.5 Å². The summed E-state index contributed by atoms with van der Waals surface area (Å²) in [6.45, 7) is 3.38. The van der Waals surface area contributed by atoms with E-state index in [0.717, 1.165) is 34.8 Å². The van der Waals surface area contributed by atoms with Crippen LogP contribution in [0.4, 0.5) is 5.69 Å². The van der Waals surface area contributed by atoms with Crippen molar-refractivity contribution < 1.29 is 0 Å². The zero-order valence-corrected chi connectivity index (χ0v) is 13.6. The van der Waals surface area contributed by atoms with Gasteiger partial charge in [-0.3, -0.25) is 0 Å². The maximum atomic E-state index is 6.16. The predicted octanol–water partition coefficient (Wildman–Crippen LogP) is 5.71. The van der Waals surface area contributed by atoms with Crippen molar-refractivity contribution in [2.45, 2.75) is 19.3 Å². The third-order valence-corrected chi connectivity index (χ3v) is 4.56.